The number of nitrogens with zero attached hydrogens (tertiary/aromatic N) is 2. The zero-order valence-electron chi connectivity index (χ0n) is 8.77. The maximum absolute atomic E-state index is 8.78. The van der Waals surface area contributed by atoms with E-state index in [-0.39, 0.29) is 6.61 Å². The third kappa shape index (κ3) is 2.13. The largest absolute Gasteiger partial charge is 0.396 e. The minimum absolute atomic E-state index is 0.202. The fourth-order valence-corrected chi connectivity index (χ4v) is 1.61. The topological polar surface area (TPSA) is 46.0 Å². The number of aryl methyl sites for hydroxylation is 2. The number of aromatic nitrogens is 2. The van der Waals surface area contributed by atoms with Crippen molar-refractivity contribution in [3.8, 4) is 0 Å². The maximum atomic E-state index is 8.78. The summed E-state index contributed by atoms with van der Waals surface area (Å²) in [7, 11) is 0. The second kappa shape index (κ2) is 4.36. The van der Waals surface area contributed by atoms with Crippen molar-refractivity contribution < 1.29 is 5.11 Å². The van der Waals surface area contributed by atoms with Gasteiger partial charge in [-0.25, -0.2) is 9.97 Å². The van der Waals surface area contributed by atoms with E-state index >= 15 is 0 Å². The van der Waals surface area contributed by atoms with Crippen molar-refractivity contribution in [2.45, 2.75) is 19.8 Å². The van der Waals surface area contributed by atoms with E-state index in [1.54, 1.807) is 0 Å². The predicted molar refractivity (Wildman–Crippen MR) is 59.7 cm³/mol. The number of aliphatic hydroxyl groups is 1. The quantitative estimate of drug-likeness (QED) is 0.826. The molecule has 1 N–H and O–H groups in total. The van der Waals surface area contributed by atoms with E-state index in [1.807, 2.05) is 31.2 Å². The smallest absolute Gasteiger partial charge is 0.0890 e. The molecule has 0 aliphatic carbocycles. The number of hydrogen-bond donors (Lipinski definition) is 1. The van der Waals surface area contributed by atoms with Crippen LogP contribution >= 0.6 is 0 Å². The number of aliphatic hydroxyl groups excluding tert-OH is 1. The van der Waals surface area contributed by atoms with Gasteiger partial charge in [0.2, 0.25) is 0 Å². The van der Waals surface area contributed by atoms with Crippen LogP contribution in [0.1, 0.15) is 17.8 Å². The Labute approximate surface area is 88.8 Å². The third-order valence-corrected chi connectivity index (χ3v) is 2.41. The first-order chi connectivity index (χ1) is 7.31. The molecule has 15 heavy (non-hydrogen) atoms. The van der Waals surface area contributed by atoms with E-state index in [1.165, 1.54) is 0 Å². The van der Waals surface area contributed by atoms with Gasteiger partial charge in [0, 0.05) is 6.61 Å². The molecule has 0 amide bonds. The molecule has 0 aliphatic rings. The van der Waals surface area contributed by atoms with Crippen LogP contribution in [0, 0.1) is 6.92 Å². The number of hydrogen-bond acceptors (Lipinski definition) is 3. The Kier molecular flexibility index (Phi) is 2.92. The number of para-hydroxylation sites is 2. The first-order valence-corrected chi connectivity index (χ1v) is 5.14. The molecular formula is C12H14N2O. The lowest BCUT2D eigenvalue weighted by atomic mass is 10.2. The maximum Gasteiger partial charge on any atom is 0.0890 e. The SMILES string of the molecule is Cc1nc2ccccc2nc1CCCO. The molecule has 0 unspecified atom stereocenters. The van der Waals surface area contributed by atoms with E-state index in [9.17, 15) is 0 Å². The van der Waals surface area contributed by atoms with E-state index < -0.39 is 0 Å². The average Bonchev–Trinajstić information content (AvgIpc) is 2.26. The highest BCUT2D eigenvalue weighted by molar-refractivity contribution is 5.74. The van der Waals surface area contributed by atoms with Crippen LogP contribution in [0.5, 0.6) is 0 Å². The van der Waals surface area contributed by atoms with Crippen LogP contribution in [0.4, 0.5) is 0 Å². The van der Waals surface area contributed by atoms with Gasteiger partial charge in [0.05, 0.1) is 22.4 Å². The summed E-state index contributed by atoms with van der Waals surface area (Å²) in [5, 5.41) is 8.78. The molecule has 1 heterocycles. The van der Waals surface area contributed by atoms with Gasteiger partial charge in [-0.2, -0.15) is 0 Å². The van der Waals surface area contributed by atoms with Gasteiger partial charge >= 0.3 is 0 Å². The van der Waals surface area contributed by atoms with Gasteiger partial charge < -0.3 is 5.11 Å². The van der Waals surface area contributed by atoms with E-state index in [0.717, 1.165) is 35.3 Å². The lowest BCUT2D eigenvalue weighted by molar-refractivity contribution is 0.288. The molecule has 0 radical (unpaired) electrons. The molecular weight excluding hydrogens is 188 g/mol. The van der Waals surface area contributed by atoms with Crippen molar-refractivity contribution in [1.29, 1.82) is 0 Å². The monoisotopic (exact) mass is 202 g/mol. The molecule has 2 rings (SSSR count). The van der Waals surface area contributed by atoms with Gasteiger partial charge in [-0.1, -0.05) is 12.1 Å². The molecule has 1 aromatic carbocycles. The Bertz CT molecular complexity index is 468. The third-order valence-electron chi connectivity index (χ3n) is 2.41. The number of benzene rings is 1. The second-order valence-electron chi connectivity index (χ2n) is 3.57. The van der Waals surface area contributed by atoms with Crippen LogP contribution in [-0.4, -0.2) is 21.7 Å². The molecule has 1 aromatic heterocycles. The summed E-state index contributed by atoms with van der Waals surface area (Å²) in [6.45, 7) is 2.17. The molecule has 3 nitrogen and oxygen atoms in total. The minimum Gasteiger partial charge on any atom is -0.396 e. The summed E-state index contributed by atoms with van der Waals surface area (Å²) in [6.07, 6.45) is 1.54. The van der Waals surface area contributed by atoms with Crippen LogP contribution < -0.4 is 0 Å². The van der Waals surface area contributed by atoms with Gasteiger partial charge in [-0.3, -0.25) is 0 Å². The summed E-state index contributed by atoms with van der Waals surface area (Å²) in [6, 6.07) is 7.85. The Morgan fingerprint density at radius 1 is 1.13 bits per heavy atom. The number of rotatable bonds is 3. The molecule has 0 bridgehead atoms. The summed E-state index contributed by atoms with van der Waals surface area (Å²) in [5.74, 6) is 0. The molecule has 0 fully saturated rings. The zero-order chi connectivity index (χ0) is 10.7. The first-order valence-electron chi connectivity index (χ1n) is 5.14. The molecule has 0 spiro atoms. The van der Waals surface area contributed by atoms with Crippen molar-refractivity contribution in [2.24, 2.45) is 0 Å². The minimum atomic E-state index is 0.202. The first kappa shape index (κ1) is 10.1. The Hall–Kier alpha value is -1.48. The van der Waals surface area contributed by atoms with Gasteiger partial charge in [0.15, 0.2) is 0 Å². The lowest BCUT2D eigenvalue weighted by Crippen LogP contribution is -2.00. The Morgan fingerprint density at radius 2 is 1.80 bits per heavy atom. The molecule has 2 aromatic rings. The molecule has 78 valence electrons. The summed E-state index contributed by atoms with van der Waals surface area (Å²) in [4.78, 5) is 9.02. The van der Waals surface area contributed by atoms with Crippen LogP contribution in [0.3, 0.4) is 0 Å². The molecule has 0 atom stereocenters. The molecule has 3 heteroatoms. The fraction of sp³-hybridized carbons (Fsp3) is 0.333. The van der Waals surface area contributed by atoms with Crippen LogP contribution in [0.2, 0.25) is 0 Å². The summed E-state index contributed by atoms with van der Waals surface area (Å²) < 4.78 is 0. The fourth-order valence-electron chi connectivity index (χ4n) is 1.61. The molecule has 0 saturated carbocycles. The highest BCUT2D eigenvalue weighted by Gasteiger charge is 2.03. The highest BCUT2D eigenvalue weighted by atomic mass is 16.2. The van der Waals surface area contributed by atoms with Crippen molar-refractivity contribution in [1.82, 2.24) is 9.97 Å². The van der Waals surface area contributed by atoms with Gasteiger partial charge in [0.1, 0.15) is 0 Å². The lowest BCUT2D eigenvalue weighted by Gasteiger charge is -2.05. The van der Waals surface area contributed by atoms with Gasteiger partial charge in [0.25, 0.3) is 0 Å². The van der Waals surface area contributed by atoms with Crippen molar-refractivity contribution >= 4 is 11.0 Å². The molecule has 0 aliphatic heterocycles. The van der Waals surface area contributed by atoms with Gasteiger partial charge in [-0.15, -0.1) is 0 Å². The van der Waals surface area contributed by atoms with Crippen LogP contribution in [-0.2, 0) is 6.42 Å². The van der Waals surface area contributed by atoms with E-state index in [2.05, 4.69) is 9.97 Å². The molecule has 0 saturated heterocycles. The normalized spacial score (nSPS) is 10.8. The average molecular weight is 202 g/mol. The highest BCUT2D eigenvalue weighted by Crippen LogP contribution is 2.13. The summed E-state index contributed by atoms with van der Waals surface area (Å²) in [5.41, 5.74) is 3.81. The van der Waals surface area contributed by atoms with Gasteiger partial charge in [-0.05, 0) is 31.9 Å². The Morgan fingerprint density at radius 3 is 2.47 bits per heavy atom. The van der Waals surface area contributed by atoms with Crippen LogP contribution in [0.25, 0.3) is 11.0 Å². The Balaban J connectivity index is 2.43. The van der Waals surface area contributed by atoms with Crippen molar-refractivity contribution in [3.63, 3.8) is 0 Å². The zero-order valence-corrected chi connectivity index (χ0v) is 8.77. The standard InChI is InChI=1S/C12H14N2O/c1-9-10(7-4-8-15)14-12-6-3-2-5-11(12)13-9/h2-3,5-6,15H,4,7-8H2,1H3. The number of fused-ring (bicyclic) bond motifs is 1. The van der Waals surface area contributed by atoms with Crippen LogP contribution in [0.15, 0.2) is 24.3 Å². The summed E-state index contributed by atoms with van der Waals surface area (Å²) >= 11 is 0. The second-order valence-corrected chi connectivity index (χ2v) is 3.57. The van der Waals surface area contributed by atoms with E-state index in [0.29, 0.717) is 0 Å². The van der Waals surface area contributed by atoms with E-state index in [4.69, 9.17) is 5.11 Å². The van der Waals surface area contributed by atoms with Crippen molar-refractivity contribution in [2.75, 3.05) is 6.61 Å². The predicted octanol–water partition coefficient (Wildman–Crippen LogP) is 1.86. The van der Waals surface area contributed by atoms with Crippen molar-refractivity contribution in [3.05, 3.63) is 35.7 Å².